The van der Waals surface area contributed by atoms with E-state index in [9.17, 15) is 4.79 Å². The molecule has 0 saturated heterocycles. The minimum absolute atomic E-state index is 0.0991. The van der Waals surface area contributed by atoms with Crippen molar-refractivity contribution >= 4 is 21.9 Å². The molecule has 1 aromatic heterocycles. The zero-order valence-electron chi connectivity index (χ0n) is 6.16. The Kier molecular flexibility index (Phi) is 2.88. The van der Waals surface area contributed by atoms with Gasteiger partial charge in [0.25, 0.3) is 0 Å². The van der Waals surface area contributed by atoms with Crippen molar-refractivity contribution < 1.29 is 14.3 Å². The predicted molar refractivity (Wildman–Crippen MR) is 45.6 cm³/mol. The Morgan fingerprint density at radius 3 is 2.92 bits per heavy atom. The second-order valence-corrected chi connectivity index (χ2v) is 3.07. The first kappa shape index (κ1) is 9.28. The van der Waals surface area contributed by atoms with E-state index < -0.39 is 12.0 Å². The molecule has 0 fully saturated rings. The molecule has 1 rings (SSSR count). The van der Waals surface area contributed by atoms with Crippen LogP contribution in [0.2, 0.25) is 0 Å². The normalized spacial score (nSPS) is 12.8. The molecule has 0 bridgehead atoms. The molecule has 1 heterocycles. The van der Waals surface area contributed by atoms with Gasteiger partial charge in [-0.3, -0.25) is 4.79 Å². The summed E-state index contributed by atoms with van der Waals surface area (Å²) in [5.41, 5.74) is 6.25. The molecular weight excluding hydrogens is 226 g/mol. The third-order valence-electron chi connectivity index (χ3n) is 1.44. The van der Waals surface area contributed by atoms with E-state index in [2.05, 4.69) is 15.9 Å². The van der Waals surface area contributed by atoms with Crippen molar-refractivity contribution in [2.24, 2.45) is 5.73 Å². The summed E-state index contributed by atoms with van der Waals surface area (Å²) in [5.74, 6) is -0.921. The van der Waals surface area contributed by atoms with Crippen LogP contribution in [-0.2, 0) is 4.79 Å². The smallest absolute Gasteiger partial charge is 0.305 e. The molecule has 4 nitrogen and oxygen atoms in total. The number of aliphatic carboxylic acids is 1. The average molecular weight is 234 g/mol. The van der Waals surface area contributed by atoms with Gasteiger partial charge in [0.1, 0.15) is 0 Å². The number of carbonyl (C=O) groups is 1. The minimum Gasteiger partial charge on any atom is -0.481 e. The van der Waals surface area contributed by atoms with Crippen molar-refractivity contribution in [2.45, 2.75) is 12.5 Å². The highest BCUT2D eigenvalue weighted by atomic mass is 79.9. The molecule has 0 aliphatic carbocycles. The van der Waals surface area contributed by atoms with E-state index in [4.69, 9.17) is 15.3 Å². The summed E-state index contributed by atoms with van der Waals surface area (Å²) in [5, 5.41) is 8.45. The van der Waals surface area contributed by atoms with Crippen molar-refractivity contribution in [3.63, 3.8) is 0 Å². The van der Waals surface area contributed by atoms with Gasteiger partial charge in [0.05, 0.1) is 12.7 Å². The summed E-state index contributed by atoms with van der Waals surface area (Å²) >= 11 is 3.12. The van der Waals surface area contributed by atoms with Crippen molar-refractivity contribution in [3.05, 3.63) is 22.6 Å². The maximum atomic E-state index is 10.3. The van der Waals surface area contributed by atoms with Gasteiger partial charge >= 0.3 is 5.97 Å². The second kappa shape index (κ2) is 3.73. The van der Waals surface area contributed by atoms with Gasteiger partial charge in [-0.1, -0.05) is 0 Å². The first-order valence-electron chi connectivity index (χ1n) is 3.31. The Morgan fingerprint density at radius 2 is 2.50 bits per heavy atom. The van der Waals surface area contributed by atoms with E-state index in [-0.39, 0.29) is 6.42 Å². The molecule has 0 saturated carbocycles. The monoisotopic (exact) mass is 233 g/mol. The lowest BCUT2D eigenvalue weighted by Gasteiger charge is -2.05. The summed E-state index contributed by atoms with van der Waals surface area (Å²) in [4.78, 5) is 10.3. The molecule has 0 unspecified atom stereocenters. The third-order valence-corrected chi connectivity index (χ3v) is 2.08. The summed E-state index contributed by atoms with van der Waals surface area (Å²) < 4.78 is 5.41. The van der Waals surface area contributed by atoms with Gasteiger partial charge < -0.3 is 15.3 Å². The fraction of sp³-hybridized carbons (Fsp3) is 0.286. The number of hydrogen-bond donors (Lipinski definition) is 2. The van der Waals surface area contributed by atoms with Gasteiger partial charge in [0.2, 0.25) is 0 Å². The summed E-state index contributed by atoms with van der Waals surface area (Å²) in [6, 6.07) is 1.13. The zero-order valence-corrected chi connectivity index (χ0v) is 7.74. The van der Waals surface area contributed by atoms with Crippen LogP contribution in [0.4, 0.5) is 0 Å². The SMILES string of the molecule is N[C@H](CC(=O)O)c1ccoc1Br. The molecule has 0 radical (unpaired) electrons. The molecule has 0 aliphatic heterocycles. The topological polar surface area (TPSA) is 76.5 Å². The van der Waals surface area contributed by atoms with Crippen LogP contribution in [-0.4, -0.2) is 11.1 Å². The summed E-state index contributed by atoms with van der Waals surface area (Å²) in [6.45, 7) is 0. The molecule has 0 aliphatic rings. The van der Waals surface area contributed by atoms with Crippen molar-refractivity contribution in [3.8, 4) is 0 Å². The highest BCUT2D eigenvalue weighted by Gasteiger charge is 2.14. The van der Waals surface area contributed by atoms with Gasteiger partial charge in [-0.25, -0.2) is 0 Å². The van der Waals surface area contributed by atoms with Gasteiger partial charge in [-0.15, -0.1) is 0 Å². The van der Waals surface area contributed by atoms with E-state index in [1.54, 1.807) is 6.07 Å². The second-order valence-electron chi connectivity index (χ2n) is 2.35. The predicted octanol–water partition coefficient (Wildman–Crippen LogP) is 1.52. The number of furan rings is 1. The Labute approximate surface area is 77.5 Å². The van der Waals surface area contributed by atoms with Crippen LogP contribution in [0.25, 0.3) is 0 Å². The number of nitrogens with two attached hydrogens (primary N) is 1. The Morgan fingerprint density at radius 1 is 1.83 bits per heavy atom. The van der Waals surface area contributed by atoms with E-state index in [1.807, 2.05) is 0 Å². The third kappa shape index (κ3) is 2.09. The lowest BCUT2D eigenvalue weighted by molar-refractivity contribution is -0.137. The van der Waals surface area contributed by atoms with Crippen LogP contribution in [0, 0.1) is 0 Å². The minimum atomic E-state index is -0.921. The van der Waals surface area contributed by atoms with Gasteiger partial charge in [0.15, 0.2) is 4.67 Å². The number of hydrogen-bond acceptors (Lipinski definition) is 3. The number of halogens is 1. The highest BCUT2D eigenvalue weighted by Crippen LogP contribution is 2.24. The first-order chi connectivity index (χ1) is 5.61. The van der Waals surface area contributed by atoms with Crippen LogP contribution in [0.3, 0.4) is 0 Å². The molecule has 0 amide bonds. The molecule has 5 heteroatoms. The molecule has 3 N–H and O–H groups in total. The first-order valence-corrected chi connectivity index (χ1v) is 4.11. The molecule has 1 aromatic rings. The molecule has 0 spiro atoms. The Balaban J connectivity index is 2.71. The van der Waals surface area contributed by atoms with Crippen LogP contribution in [0.15, 0.2) is 21.4 Å². The van der Waals surface area contributed by atoms with Crippen molar-refractivity contribution in [1.29, 1.82) is 0 Å². The van der Waals surface area contributed by atoms with E-state index >= 15 is 0 Å². The van der Waals surface area contributed by atoms with Crippen LogP contribution in [0.1, 0.15) is 18.0 Å². The summed E-state index contributed by atoms with van der Waals surface area (Å²) in [6.07, 6.45) is 1.36. The molecule has 66 valence electrons. The number of carboxylic acid groups (broad SMARTS) is 1. The average Bonchev–Trinajstić information content (AvgIpc) is 2.33. The molecular formula is C7H8BrNO3. The van der Waals surface area contributed by atoms with E-state index in [0.717, 1.165) is 0 Å². The van der Waals surface area contributed by atoms with Gasteiger partial charge in [-0.2, -0.15) is 0 Å². The number of carboxylic acids is 1. The molecule has 0 aromatic carbocycles. The quantitative estimate of drug-likeness (QED) is 0.831. The lowest BCUT2D eigenvalue weighted by Crippen LogP contribution is -2.14. The Hall–Kier alpha value is -0.810. The standard InChI is InChI=1S/C7H8BrNO3/c8-7-4(1-2-12-7)5(9)3-6(10)11/h1-2,5H,3,9H2,(H,10,11)/t5-/m1/s1. The molecule has 12 heavy (non-hydrogen) atoms. The lowest BCUT2D eigenvalue weighted by atomic mass is 10.1. The molecule has 1 atom stereocenters. The summed E-state index contributed by atoms with van der Waals surface area (Å²) in [7, 11) is 0. The largest absolute Gasteiger partial charge is 0.481 e. The van der Waals surface area contributed by atoms with Crippen LogP contribution < -0.4 is 5.73 Å². The maximum absolute atomic E-state index is 10.3. The fourth-order valence-electron chi connectivity index (χ4n) is 0.868. The van der Waals surface area contributed by atoms with E-state index in [1.165, 1.54) is 6.26 Å². The maximum Gasteiger partial charge on any atom is 0.305 e. The van der Waals surface area contributed by atoms with Gasteiger partial charge in [0, 0.05) is 11.6 Å². The van der Waals surface area contributed by atoms with Crippen LogP contribution >= 0.6 is 15.9 Å². The van der Waals surface area contributed by atoms with Gasteiger partial charge in [-0.05, 0) is 22.0 Å². The fourth-order valence-corrected chi connectivity index (χ4v) is 1.40. The van der Waals surface area contributed by atoms with Crippen molar-refractivity contribution in [2.75, 3.05) is 0 Å². The number of rotatable bonds is 3. The Bertz CT molecular complexity index is 284. The van der Waals surface area contributed by atoms with Crippen LogP contribution in [0.5, 0.6) is 0 Å². The van der Waals surface area contributed by atoms with E-state index in [0.29, 0.717) is 10.2 Å². The van der Waals surface area contributed by atoms with Crippen molar-refractivity contribution in [1.82, 2.24) is 0 Å². The zero-order chi connectivity index (χ0) is 9.14. The highest BCUT2D eigenvalue weighted by molar-refractivity contribution is 9.10.